The molecule has 0 saturated heterocycles. The van der Waals surface area contributed by atoms with E-state index in [0.29, 0.717) is 12.8 Å². The van der Waals surface area contributed by atoms with Crippen LogP contribution in [0.15, 0.2) is 11.4 Å². The molecule has 0 radical (unpaired) electrons. The van der Waals surface area contributed by atoms with E-state index in [1.54, 1.807) is 6.92 Å². The van der Waals surface area contributed by atoms with Crippen LogP contribution in [0.2, 0.25) is 0 Å². The van der Waals surface area contributed by atoms with E-state index in [0.717, 1.165) is 0 Å². The molecule has 2 N–H and O–H groups in total. The molecule has 0 aromatic heterocycles. The first kappa shape index (κ1) is 12.2. The Kier molecular flexibility index (Phi) is 5.77. The van der Waals surface area contributed by atoms with Gasteiger partial charge in [0.05, 0.1) is 12.2 Å². The molecule has 0 spiro atoms. The van der Waals surface area contributed by atoms with Crippen molar-refractivity contribution >= 4 is 18.8 Å². The molecule has 0 unspecified atom stereocenters. The maximum atomic E-state index is 11.1. The van der Waals surface area contributed by atoms with Gasteiger partial charge in [0.1, 0.15) is 5.82 Å². The van der Waals surface area contributed by atoms with Gasteiger partial charge in [0.15, 0.2) is 0 Å². The molecule has 0 bridgehead atoms. The summed E-state index contributed by atoms with van der Waals surface area (Å²) >= 11 is 0. The van der Waals surface area contributed by atoms with Crippen molar-refractivity contribution in [3.8, 4) is 0 Å². The second kappa shape index (κ2) is 6.64. The smallest absolute Gasteiger partial charge is 0.337 e. The zero-order chi connectivity index (χ0) is 11.0. The van der Waals surface area contributed by atoms with Gasteiger partial charge in [-0.3, -0.25) is 9.59 Å². The van der Waals surface area contributed by atoms with Gasteiger partial charge in [-0.05, 0) is 13.8 Å². The normalized spacial score (nSPS) is 8.43. The van der Waals surface area contributed by atoms with Crippen molar-refractivity contribution in [2.75, 3.05) is 6.61 Å². The Morgan fingerprint density at radius 2 is 1.79 bits per heavy atom. The summed E-state index contributed by atoms with van der Waals surface area (Å²) in [6, 6.07) is 0. The third-order valence-electron chi connectivity index (χ3n) is 1.36. The van der Waals surface area contributed by atoms with Crippen molar-refractivity contribution in [3.05, 3.63) is 11.4 Å². The standard InChI is InChI=1S/C8H12N2O4/c1-3-14-8(13)6(2)7(9-4-11)10-5-12/h4-5H,3H2,1-2H3,(H,9,11)(H,10,12). The first-order valence-electron chi connectivity index (χ1n) is 3.95. The second-order valence-corrected chi connectivity index (χ2v) is 2.24. The molecule has 0 saturated carbocycles. The van der Waals surface area contributed by atoms with Gasteiger partial charge in [0.25, 0.3) is 0 Å². The maximum Gasteiger partial charge on any atom is 0.337 e. The average Bonchev–Trinajstić information content (AvgIpc) is 2.17. The van der Waals surface area contributed by atoms with Crippen molar-refractivity contribution in [1.29, 1.82) is 0 Å². The lowest BCUT2D eigenvalue weighted by molar-refractivity contribution is -0.138. The van der Waals surface area contributed by atoms with Crippen LogP contribution in [0, 0.1) is 0 Å². The van der Waals surface area contributed by atoms with Gasteiger partial charge in [-0.25, -0.2) is 4.79 Å². The zero-order valence-corrected chi connectivity index (χ0v) is 7.99. The molecule has 14 heavy (non-hydrogen) atoms. The van der Waals surface area contributed by atoms with Crippen molar-refractivity contribution < 1.29 is 19.1 Å². The molecule has 0 heterocycles. The van der Waals surface area contributed by atoms with E-state index in [4.69, 9.17) is 0 Å². The third-order valence-corrected chi connectivity index (χ3v) is 1.36. The fourth-order valence-electron chi connectivity index (χ4n) is 0.717. The Bertz CT molecular complexity index is 248. The van der Waals surface area contributed by atoms with E-state index in [1.807, 2.05) is 0 Å². The number of carbonyl (C=O) groups excluding carboxylic acids is 3. The minimum Gasteiger partial charge on any atom is -0.463 e. The predicted octanol–water partition coefficient (Wildman–Crippen LogP) is -0.727. The monoisotopic (exact) mass is 200 g/mol. The minimum absolute atomic E-state index is 0.0217. The number of amides is 2. The predicted molar refractivity (Wildman–Crippen MR) is 47.7 cm³/mol. The SMILES string of the molecule is CCOC(=O)C(C)=C(NC=O)NC=O. The van der Waals surface area contributed by atoms with Gasteiger partial charge in [-0.15, -0.1) is 0 Å². The fourth-order valence-corrected chi connectivity index (χ4v) is 0.717. The van der Waals surface area contributed by atoms with Crippen LogP contribution in [0.4, 0.5) is 0 Å². The molecule has 0 aliphatic rings. The van der Waals surface area contributed by atoms with Gasteiger partial charge in [0.2, 0.25) is 12.8 Å². The van der Waals surface area contributed by atoms with E-state index >= 15 is 0 Å². The molecular weight excluding hydrogens is 188 g/mol. The molecule has 0 atom stereocenters. The van der Waals surface area contributed by atoms with Crippen LogP contribution in [0.5, 0.6) is 0 Å². The van der Waals surface area contributed by atoms with Crippen LogP contribution in [-0.2, 0) is 19.1 Å². The highest BCUT2D eigenvalue weighted by atomic mass is 16.5. The van der Waals surface area contributed by atoms with Crippen LogP contribution < -0.4 is 10.6 Å². The Hall–Kier alpha value is -1.85. The number of hydrogen-bond donors (Lipinski definition) is 2. The van der Waals surface area contributed by atoms with E-state index in [2.05, 4.69) is 15.4 Å². The van der Waals surface area contributed by atoms with Gasteiger partial charge in [-0.1, -0.05) is 0 Å². The summed E-state index contributed by atoms with van der Waals surface area (Å²) in [5, 5.41) is 4.36. The van der Waals surface area contributed by atoms with Crippen molar-refractivity contribution in [2.24, 2.45) is 0 Å². The molecule has 0 aromatic rings. The van der Waals surface area contributed by atoms with E-state index < -0.39 is 5.97 Å². The van der Waals surface area contributed by atoms with Gasteiger partial charge in [0, 0.05) is 0 Å². The number of nitrogens with one attached hydrogen (secondary N) is 2. The van der Waals surface area contributed by atoms with Gasteiger partial charge >= 0.3 is 5.97 Å². The van der Waals surface area contributed by atoms with Gasteiger partial charge < -0.3 is 15.4 Å². The highest BCUT2D eigenvalue weighted by Crippen LogP contribution is 1.99. The number of rotatable bonds is 6. The molecule has 0 fully saturated rings. The van der Waals surface area contributed by atoms with Crippen LogP contribution in [0.1, 0.15) is 13.8 Å². The quantitative estimate of drug-likeness (QED) is 0.336. The molecule has 0 rings (SSSR count). The number of ether oxygens (including phenoxy) is 1. The van der Waals surface area contributed by atoms with E-state index in [9.17, 15) is 14.4 Å². The lowest BCUT2D eigenvalue weighted by atomic mass is 10.3. The van der Waals surface area contributed by atoms with Crippen molar-refractivity contribution in [3.63, 3.8) is 0 Å². The molecule has 0 aliphatic carbocycles. The Balaban J connectivity index is 4.67. The highest BCUT2D eigenvalue weighted by Gasteiger charge is 2.10. The summed E-state index contributed by atoms with van der Waals surface area (Å²) in [5.41, 5.74) is 0.131. The summed E-state index contributed by atoms with van der Waals surface area (Å²) in [6.45, 7) is 3.32. The summed E-state index contributed by atoms with van der Waals surface area (Å²) in [4.78, 5) is 31.4. The molecule has 2 amide bonds. The summed E-state index contributed by atoms with van der Waals surface area (Å²) in [7, 11) is 0. The fraction of sp³-hybridized carbons (Fsp3) is 0.375. The summed E-state index contributed by atoms with van der Waals surface area (Å²) in [5.74, 6) is -0.570. The Morgan fingerprint density at radius 3 is 2.14 bits per heavy atom. The first-order chi connectivity index (χ1) is 6.67. The largest absolute Gasteiger partial charge is 0.463 e. The second-order valence-electron chi connectivity index (χ2n) is 2.24. The number of hydrogen-bond acceptors (Lipinski definition) is 4. The van der Waals surface area contributed by atoms with Crippen LogP contribution in [-0.4, -0.2) is 25.4 Å². The lowest BCUT2D eigenvalue weighted by Gasteiger charge is -2.08. The topological polar surface area (TPSA) is 84.5 Å². The molecule has 6 nitrogen and oxygen atoms in total. The van der Waals surface area contributed by atoms with Crippen molar-refractivity contribution in [1.82, 2.24) is 10.6 Å². The Morgan fingerprint density at radius 1 is 1.29 bits per heavy atom. The third kappa shape index (κ3) is 3.70. The van der Waals surface area contributed by atoms with E-state index in [-0.39, 0.29) is 18.0 Å². The summed E-state index contributed by atoms with van der Waals surface area (Å²) < 4.78 is 4.67. The number of esters is 1. The Labute approximate surface area is 81.3 Å². The molecule has 0 aliphatic heterocycles. The molecule has 0 aromatic carbocycles. The first-order valence-corrected chi connectivity index (χ1v) is 3.95. The minimum atomic E-state index is -0.591. The molecule has 6 heteroatoms. The highest BCUT2D eigenvalue weighted by molar-refractivity contribution is 5.89. The maximum absolute atomic E-state index is 11.1. The molecule has 78 valence electrons. The average molecular weight is 200 g/mol. The lowest BCUT2D eigenvalue weighted by Crippen LogP contribution is -2.28. The van der Waals surface area contributed by atoms with Gasteiger partial charge in [-0.2, -0.15) is 0 Å². The van der Waals surface area contributed by atoms with Crippen LogP contribution in [0.25, 0.3) is 0 Å². The summed E-state index contributed by atoms with van der Waals surface area (Å²) in [6.07, 6.45) is 0.711. The zero-order valence-electron chi connectivity index (χ0n) is 7.99. The van der Waals surface area contributed by atoms with Crippen molar-refractivity contribution in [2.45, 2.75) is 13.8 Å². The number of carbonyl (C=O) groups is 3. The molecular formula is C8H12N2O4. The van der Waals surface area contributed by atoms with Crippen LogP contribution >= 0.6 is 0 Å². The van der Waals surface area contributed by atoms with Crippen LogP contribution in [0.3, 0.4) is 0 Å². The van der Waals surface area contributed by atoms with E-state index in [1.165, 1.54) is 6.92 Å².